The van der Waals surface area contributed by atoms with Crippen molar-refractivity contribution in [1.82, 2.24) is 5.32 Å². The molecule has 0 radical (unpaired) electrons. The lowest BCUT2D eigenvalue weighted by molar-refractivity contribution is 0.0612. The number of benzene rings is 1. The third kappa shape index (κ3) is 4.87. The van der Waals surface area contributed by atoms with Crippen LogP contribution in [0.25, 0.3) is 0 Å². The van der Waals surface area contributed by atoms with Gasteiger partial charge in [0.1, 0.15) is 5.75 Å². The standard InChI is InChI=1S/C17H26ClNO2/c1-4-6-19-16(11-21-12(2)3)10-14-9-15(18)8-13-5-7-20-17(13)14/h8-9,12,16,19H,4-7,10-11H2,1-3H3. The van der Waals surface area contributed by atoms with Crippen molar-refractivity contribution in [3.63, 3.8) is 0 Å². The van der Waals surface area contributed by atoms with E-state index in [9.17, 15) is 0 Å². The Morgan fingerprint density at radius 1 is 1.38 bits per heavy atom. The Morgan fingerprint density at radius 2 is 2.19 bits per heavy atom. The van der Waals surface area contributed by atoms with E-state index in [0.29, 0.717) is 12.6 Å². The predicted octanol–water partition coefficient (Wildman–Crippen LogP) is 3.61. The molecule has 1 atom stereocenters. The largest absolute Gasteiger partial charge is 0.493 e. The number of fused-ring (bicyclic) bond motifs is 1. The van der Waals surface area contributed by atoms with Gasteiger partial charge in [0.15, 0.2) is 0 Å². The Hall–Kier alpha value is -0.770. The summed E-state index contributed by atoms with van der Waals surface area (Å²) in [4.78, 5) is 0. The second kappa shape index (κ2) is 8.02. The highest BCUT2D eigenvalue weighted by Gasteiger charge is 2.20. The van der Waals surface area contributed by atoms with Gasteiger partial charge in [-0.2, -0.15) is 0 Å². The molecule has 1 aliphatic rings. The molecular formula is C17H26ClNO2. The first-order chi connectivity index (χ1) is 10.1. The normalized spacial score (nSPS) is 15.1. The van der Waals surface area contributed by atoms with Crippen LogP contribution in [0, 0.1) is 0 Å². The molecule has 1 aromatic carbocycles. The van der Waals surface area contributed by atoms with Crippen molar-refractivity contribution < 1.29 is 9.47 Å². The van der Waals surface area contributed by atoms with Crippen LogP contribution in [0.1, 0.15) is 38.3 Å². The molecule has 1 aromatic rings. The third-order valence-corrected chi connectivity index (χ3v) is 3.82. The Balaban J connectivity index is 2.08. The van der Waals surface area contributed by atoms with Crippen LogP contribution in [0.5, 0.6) is 5.75 Å². The van der Waals surface area contributed by atoms with Gasteiger partial charge in [-0.1, -0.05) is 18.5 Å². The van der Waals surface area contributed by atoms with Gasteiger partial charge in [0.05, 0.1) is 19.3 Å². The number of hydrogen-bond acceptors (Lipinski definition) is 3. The van der Waals surface area contributed by atoms with Crippen LogP contribution in [0.4, 0.5) is 0 Å². The zero-order chi connectivity index (χ0) is 15.2. The van der Waals surface area contributed by atoms with E-state index in [0.717, 1.165) is 43.2 Å². The number of hydrogen-bond donors (Lipinski definition) is 1. The molecule has 1 N–H and O–H groups in total. The summed E-state index contributed by atoms with van der Waals surface area (Å²) < 4.78 is 11.6. The zero-order valence-corrected chi connectivity index (χ0v) is 14.0. The van der Waals surface area contributed by atoms with Crippen LogP contribution < -0.4 is 10.1 Å². The average molecular weight is 312 g/mol. The quantitative estimate of drug-likeness (QED) is 0.795. The van der Waals surface area contributed by atoms with Gasteiger partial charge < -0.3 is 14.8 Å². The molecule has 1 unspecified atom stereocenters. The molecule has 0 fully saturated rings. The van der Waals surface area contributed by atoms with Gasteiger partial charge in [0, 0.05) is 17.5 Å². The van der Waals surface area contributed by atoms with Crippen molar-refractivity contribution in [2.45, 2.75) is 52.2 Å². The summed E-state index contributed by atoms with van der Waals surface area (Å²) in [5.74, 6) is 1.03. The summed E-state index contributed by atoms with van der Waals surface area (Å²) in [6.45, 7) is 8.77. The Morgan fingerprint density at radius 3 is 2.90 bits per heavy atom. The van der Waals surface area contributed by atoms with E-state index < -0.39 is 0 Å². The van der Waals surface area contributed by atoms with Crippen LogP contribution in [0.2, 0.25) is 5.02 Å². The maximum Gasteiger partial charge on any atom is 0.125 e. The SMILES string of the molecule is CCCNC(COC(C)C)Cc1cc(Cl)cc2c1OCC2. The number of nitrogens with one attached hydrogen (secondary N) is 1. The maximum atomic E-state index is 6.24. The van der Waals surface area contributed by atoms with E-state index in [-0.39, 0.29) is 6.10 Å². The first-order valence-corrected chi connectivity index (χ1v) is 8.27. The minimum Gasteiger partial charge on any atom is -0.493 e. The fourth-order valence-corrected chi connectivity index (χ4v) is 2.87. The van der Waals surface area contributed by atoms with Gasteiger partial charge in [-0.25, -0.2) is 0 Å². The van der Waals surface area contributed by atoms with Crippen molar-refractivity contribution in [1.29, 1.82) is 0 Å². The third-order valence-electron chi connectivity index (χ3n) is 3.61. The first kappa shape index (κ1) is 16.6. The van der Waals surface area contributed by atoms with Crippen molar-refractivity contribution >= 4 is 11.6 Å². The summed E-state index contributed by atoms with van der Waals surface area (Å²) in [6, 6.07) is 4.34. The van der Waals surface area contributed by atoms with Crippen molar-refractivity contribution in [2.24, 2.45) is 0 Å². The second-order valence-corrected chi connectivity index (χ2v) is 6.33. The molecule has 2 rings (SSSR count). The molecule has 0 saturated carbocycles. The highest BCUT2D eigenvalue weighted by molar-refractivity contribution is 6.30. The monoisotopic (exact) mass is 311 g/mol. The van der Waals surface area contributed by atoms with Crippen molar-refractivity contribution in [3.05, 3.63) is 28.3 Å². The molecule has 0 bridgehead atoms. The van der Waals surface area contributed by atoms with Crippen LogP contribution in [-0.2, 0) is 17.6 Å². The summed E-state index contributed by atoms with van der Waals surface area (Å²) in [5.41, 5.74) is 2.42. The van der Waals surface area contributed by atoms with Crippen LogP contribution >= 0.6 is 11.6 Å². The van der Waals surface area contributed by atoms with Crippen LogP contribution in [0.15, 0.2) is 12.1 Å². The summed E-state index contributed by atoms with van der Waals surface area (Å²) in [6.07, 6.45) is 3.20. The number of rotatable bonds is 8. The predicted molar refractivity (Wildman–Crippen MR) is 87.5 cm³/mol. The van der Waals surface area contributed by atoms with E-state index >= 15 is 0 Å². The molecule has 4 heteroatoms. The molecular weight excluding hydrogens is 286 g/mol. The van der Waals surface area contributed by atoms with Gasteiger partial charge in [-0.05, 0) is 56.5 Å². The van der Waals surface area contributed by atoms with E-state index in [2.05, 4.69) is 26.1 Å². The molecule has 1 aliphatic heterocycles. The number of halogens is 1. The molecule has 0 saturated heterocycles. The molecule has 21 heavy (non-hydrogen) atoms. The van der Waals surface area contributed by atoms with E-state index in [1.807, 2.05) is 12.1 Å². The van der Waals surface area contributed by atoms with E-state index in [4.69, 9.17) is 21.1 Å². The van der Waals surface area contributed by atoms with Gasteiger partial charge in [0.2, 0.25) is 0 Å². The van der Waals surface area contributed by atoms with Crippen molar-refractivity contribution in [2.75, 3.05) is 19.8 Å². The van der Waals surface area contributed by atoms with Gasteiger partial charge in [0.25, 0.3) is 0 Å². The molecule has 118 valence electrons. The molecule has 0 spiro atoms. The van der Waals surface area contributed by atoms with Crippen molar-refractivity contribution in [3.8, 4) is 5.75 Å². The van der Waals surface area contributed by atoms with Crippen LogP contribution in [-0.4, -0.2) is 31.9 Å². The fourth-order valence-electron chi connectivity index (χ4n) is 2.61. The topological polar surface area (TPSA) is 30.5 Å². The fraction of sp³-hybridized carbons (Fsp3) is 0.647. The summed E-state index contributed by atoms with van der Waals surface area (Å²) >= 11 is 6.24. The highest BCUT2D eigenvalue weighted by Crippen LogP contribution is 2.33. The Labute approximate surface area is 133 Å². The molecule has 0 aromatic heterocycles. The van der Waals surface area contributed by atoms with E-state index in [1.54, 1.807) is 0 Å². The molecule has 0 aliphatic carbocycles. The Bertz CT molecular complexity index is 462. The Kier molecular flexibility index (Phi) is 6.34. The molecule has 3 nitrogen and oxygen atoms in total. The van der Waals surface area contributed by atoms with Crippen LogP contribution in [0.3, 0.4) is 0 Å². The summed E-state index contributed by atoms with van der Waals surface area (Å²) in [7, 11) is 0. The second-order valence-electron chi connectivity index (χ2n) is 5.89. The first-order valence-electron chi connectivity index (χ1n) is 7.89. The zero-order valence-electron chi connectivity index (χ0n) is 13.2. The lowest BCUT2D eigenvalue weighted by atomic mass is 10.0. The van der Waals surface area contributed by atoms with E-state index in [1.165, 1.54) is 11.1 Å². The van der Waals surface area contributed by atoms with Gasteiger partial charge in [-0.3, -0.25) is 0 Å². The average Bonchev–Trinajstić information content (AvgIpc) is 2.89. The minimum absolute atomic E-state index is 0.247. The minimum atomic E-state index is 0.247. The molecule has 0 amide bonds. The summed E-state index contributed by atoms with van der Waals surface area (Å²) in [5, 5.41) is 4.36. The molecule has 1 heterocycles. The van der Waals surface area contributed by atoms with Gasteiger partial charge in [-0.15, -0.1) is 0 Å². The smallest absolute Gasteiger partial charge is 0.125 e. The lowest BCUT2D eigenvalue weighted by Gasteiger charge is -2.21. The maximum absolute atomic E-state index is 6.24. The van der Waals surface area contributed by atoms with Gasteiger partial charge >= 0.3 is 0 Å². The highest BCUT2D eigenvalue weighted by atomic mass is 35.5. The number of ether oxygens (including phenoxy) is 2. The lowest BCUT2D eigenvalue weighted by Crippen LogP contribution is -2.36.